The van der Waals surface area contributed by atoms with Crippen LogP contribution in [0.2, 0.25) is 10.0 Å². The molecule has 2 N–H and O–H groups in total. The van der Waals surface area contributed by atoms with E-state index in [-0.39, 0.29) is 32.6 Å². The van der Waals surface area contributed by atoms with Crippen LogP contribution in [0.15, 0.2) is 48.0 Å². The van der Waals surface area contributed by atoms with Gasteiger partial charge in [0.05, 0.1) is 15.7 Å². The number of amides is 4. The summed E-state index contributed by atoms with van der Waals surface area (Å²) in [7, 11) is 0. The minimum Gasteiger partial charge on any atom is -0.481 e. The number of anilines is 1. The highest BCUT2D eigenvalue weighted by Crippen LogP contribution is 2.30. The summed E-state index contributed by atoms with van der Waals surface area (Å²) < 4.78 is 5.17. The van der Waals surface area contributed by atoms with Crippen LogP contribution in [0.5, 0.6) is 5.75 Å². The number of benzene rings is 2. The van der Waals surface area contributed by atoms with Crippen molar-refractivity contribution < 1.29 is 29.0 Å². The number of halogens is 2. The summed E-state index contributed by atoms with van der Waals surface area (Å²) >= 11 is 11.8. The average molecular weight is 435 g/mol. The highest BCUT2D eigenvalue weighted by molar-refractivity contribution is 6.43. The van der Waals surface area contributed by atoms with Gasteiger partial charge >= 0.3 is 12.0 Å². The Labute approximate surface area is 174 Å². The molecule has 0 radical (unpaired) electrons. The average Bonchev–Trinajstić information content (AvgIpc) is 2.66. The first-order valence-electron chi connectivity index (χ1n) is 8.08. The molecule has 0 aromatic heterocycles. The van der Waals surface area contributed by atoms with Crippen LogP contribution in [-0.4, -0.2) is 35.5 Å². The van der Waals surface area contributed by atoms with Gasteiger partial charge in [0.15, 0.2) is 6.61 Å². The number of imide groups is 2. The van der Waals surface area contributed by atoms with E-state index < -0.39 is 30.4 Å². The van der Waals surface area contributed by atoms with Crippen molar-refractivity contribution in [3.05, 3.63) is 63.6 Å². The van der Waals surface area contributed by atoms with Crippen LogP contribution in [0.4, 0.5) is 10.5 Å². The van der Waals surface area contributed by atoms with Crippen molar-refractivity contribution in [2.45, 2.75) is 0 Å². The molecule has 148 valence electrons. The monoisotopic (exact) mass is 434 g/mol. The van der Waals surface area contributed by atoms with E-state index in [2.05, 4.69) is 5.32 Å². The number of hydrogen-bond acceptors (Lipinski definition) is 5. The van der Waals surface area contributed by atoms with E-state index in [9.17, 15) is 19.2 Å². The predicted octanol–water partition coefficient (Wildman–Crippen LogP) is 3.12. The van der Waals surface area contributed by atoms with E-state index in [1.165, 1.54) is 36.4 Å². The largest absolute Gasteiger partial charge is 0.481 e. The molecule has 1 heterocycles. The molecule has 0 bridgehead atoms. The van der Waals surface area contributed by atoms with Gasteiger partial charge in [-0.3, -0.25) is 14.9 Å². The summed E-state index contributed by atoms with van der Waals surface area (Å²) in [5.41, 5.74) is 0.0634. The third-order valence-electron chi connectivity index (χ3n) is 3.83. The molecule has 2 aromatic rings. The van der Waals surface area contributed by atoms with Crippen LogP contribution in [0.25, 0.3) is 6.08 Å². The van der Waals surface area contributed by atoms with Crippen molar-refractivity contribution in [3.63, 3.8) is 0 Å². The Bertz CT molecular complexity index is 1070. The number of barbiturate groups is 1. The predicted molar refractivity (Wildman–Crippen MR) is 105 cm³/mol. The maximum atomic E-state index is 12.9. The van der Waals surface area contributed by atoms with Gasteiger partial charge in [-0.1, -0.05) is 41.4 Å². The van der Waals surface area contributed by atoms with Gasteiger partial charge in [-0.2, -0.15) is 0 Å². The Morgan fingerprint density at radius 1 is 1.10 bits per heavy atom. The van der Waals surface area contributed by atoms with Crippen LogP contribution in [0, 0.1) is 0 Å². The van der Waals surface area contributed by atoms with Gasteiger partial charge in [0, 0.05) is 5.56 Å². The lowest BCUT2D eigenvalue weighted by Crippen LogP contribution is -2.54. The number of carbonyl (C=O) groups is 4. The van der Waals surface area contributed by atoms with Gasteiger partial charge in [0.2, 0.25) is 0 Å². The normalized spacial score (nSPS) is 15.4. The lowest BCUT2D eigenvalue weighted by Gasteiger charge is -2.26. The Kier molecular flexibility index (Phi) is 5.86. The maximum Gasteiger partial charge on any atom is 0.341 e. The maximum absolute atomic E-state index is 12.9. The molecule has 0 saturated carbocycles. The number of rotatable bonds is 5. The Morgan fingerprint density at radius 2 is 1.83 bits per heavy atom. The summed E-state index contributed by atoms with van der Waals surface area (Å²) in [6.07, 6.45) is 1.21. The number of aliphatic carboxylic acids is 1. The molecule has 0 atom stereocenters. The molecule has 1 aliphatic rings. The number of ether oxygens (including phenoxy) is 1. The molecule has 1 aliphatic heterocycles. The van der Waals surface area contributed by atoms with Crippen LogP contribution < -0.4 is 15.0 Å². The molecule has 3 rings (SSSR count). The minimum atomic E-state index is -1.18. The Morgan fingerprint density at radius 3 is 2.52 bits per heavy atom. The van der Waals surface area contributed by atoms with E-state index in [4.69, 9.17) is 33.0 Å². The number of urea groups is 1. The fourth-order valence-corrected chi connectivity index (χ4v) is 2.83. The molecular formula is C19H12Cl2N2O6. The van der Waals surface area contributed by atoms with Gasteiger partial charge in [0.25, 0.3) is 11.8 Å². The number of nitrogens with one attached hydrogen (secondary N) is 1. The van der Waals surface area contributed by atoms with Gasteiger partial charge in [-0.05, 0) is 30.3 Å². The van der Waals surface area contributed by atoms with E-state index in [0.29, 0.717) is 0 Å². The number of hydrogen-bond donors (Lipinski definition) is 2. The first-order chi connectivity index (χ1) is 13.8. The van der Waals surface area contributed by atoms with Crippen LogP contribution in [0.3, 0.4) is 0 Å². The molecule has 0 unspecified atom stereocenters. The second kappa shape index (κ2) is 8.34. The van der Waals surface area contributed by atoms with E-state index in [1.807, 2.05) is 0 Å². The SMILES string of the molecule is O=C(O)COc1ccccc1/C=C1\C(=O)NC(=O)N(c2ccc(Cl)c(Cl)c2)C1=O. The fourth-order valence-electron chi connectivity index (χ4n) is 2.54. The third-order valence-corrected chi connectivity index (χ3v) is 4.57. The highest BCUT2D eigenvalue weighted by atomic mass is 35.5. The number of carboxylic acids is 1. The van der Waals surface area contributed by atoms with Crippen LogP contribution in [-0.2, 0) is 14.4 Å². The van der Waals surface area contributed by atoms with Gasteiger partial charge in [-0.15, -0.1) is 0 Å². The zero-order valence-corrected chi connectivity index (χ0v) is 16.0. The number of nitrogens with zero attached hydrogens (tertiary/aromatic N) is 1. The summed E-state index contributed by atoms with van der Waals surface area (Å²) in [5, 5.41) is 11.2. The molecule has 0 aliphatic carbocycles. The Balaban J connectivity index is 2.00. The standard InChI is InChI=1S/C19H12Cl2N2O6/c20-13-6-5-11(8-14(13)21)23-18(27)12(17(26)22-19(23)28)7-10-3-1-2-4-15(10)29-9-16(24)25/h1-8H,9H2,(H,24,25)(H,22,26,28)/b12-7+. The topological polar surface area (TPSA) is 113 Å². The lowest BCUT2D eigenvalue weighted by atomic mass is 10.1. The zero-order chi connectivity index (χ0) is 21.1. The minimum absolute atomic E-state index is 0.121. The molecular weight excluding hydrogens is 423 g/mol. The summed E-state index contributed by atoms with van der Waals surface area (Å²) in [4.78, 5) is 48.9. The molecule has 1 saturated heterocycles. The van der Waals surface area contributed by atoms with Crippen molar-refractivity contribution in [2.24, 2.45) is 0 Å². The van der Waals surface area contributed by atoms with Gasteiger partial charge in [0.1, 0.15) is 11.3 Å². The van der Waals surface area contributed by atoms with Crippen molar-refractivity contribution in [2.75, 3.05) is 11.5 Å². The number of carbonyl (C=O) groups excluding carboxylic acids is 3. The molecule has 29 heavy (non-hydrogen) atoms. The number of para-hydroxylation sites is 1. The van der Waals surface area contributed by atoms with Crippen LogP contribution in [0.1, 0.15) is 5.56 Å². The second-order valence-corrected chi connectivity index (χ2v) is 6.59. The highest BCUT2D eigenvalue weighted by Gasteiger charge is 2.37. The summed E-state index contributed by atoms with van der Waals surface area (Å²) in [5.74, 6) is -2.81. The van der Waals surface area contributed by atoms with E-state index >= 15 is 0 Å². The van der Waals surface area contributed by atoms with Crippen molar-refractivity contribution in [1.29, 1.82) is 0 Å². The first-order valence-corrected chi connectivity index (χ1v) is 8.83. The fraction of sp³-hybridized carbons (Fsp3) is 0.0526. The second-order valence-electron chi connectivity index (χ2n) is 5.78. The van der Waals surface area contributed by atoms with Crippen molar-refractivity contribution in [1.82, 2.24) is 5.32 Å². The molecule has 10 heteroatoms. The Hall–Kier alpha value is -3.36. The lowest BCUT2D eigenvalue weighted by molar-refractivity contribution is -0.139. The van der Waals surface area contributed by atoms with Gasteiger partial charge < -0.3 is 9.84 Å². The smallest absolute Gasteiger partial charge is 0.341 e. The van der Waals surface area contributed by atoms with Crippen molar-refractivity contribution in [3.8, 4) is 5.75 Å². The van der Waals surface area contributed by atoms with E-state index in [1.54, 1.807) is 12.1 Å². The molecule has 4 amide bonds. The zero-order valence-electron chi connectivity index (χ0n) is 14.5. The van der Waals surface area contributed by atoms with Crippen LogP contribution >= 0.6 is 23.2 Å². The number of carboxylic acid groups (broad SMARTS) is 1. The van der Waals surface area contributed by atoms with Gasteiger partial charge in [-0.25, -0.2) is 14.5 Å². The van der Waals surface area contributed by atoms with Crippen molar-refractivity contribution >= 4 is 58.8 Å². The molecule has 2 aromatic carbocycles. The molecule has 0 spiro atoms. The molecule has 8 nitrogen and oxygen atoms in total. The summed E-state index contributed by atoms with van der Waals surface area (Å²) in [6.45, 7) is -0.603. The van der Waals surface area contributed by atoms with E-state index in [0.717, 1.165) is 4.90 Å². The molecule has 1 fully saturated rings. The summed E-state index contributed by atoms with van der Waals surface area (Å²) in [6, 6.07) is 9.44. The third kappa shape index (κ3) is 4.39. The first kappa shape index (κ1) is 20.4. The quantitative estimate of drug-likeness (QED) is 0.551.